The number of carbonyl (C=O) groups excluding carboxylic acids is 1. The molecule has 1 N–H and O–H groups in total. The minimum absolute atomic E-state index is 0.0536. The highest BCUT2D eigenvalue weighted by Crippen LogP contribution is 2.17. The summed E-state index contributed by atoms with van der Waals surface area (Å²) in [6.45, 7) is 2.00. The molecule has 0 saturated heterocycles. The van der Waals surface area contributed by atoms with Crippen LogP contribution in [0.15, 0.2) is 53.1 Å². The maximum absolute atomic E-state index is 12.9. The van der Waals surface area contributed by atoms with Gasteiger partial charge in [-0.2, -0.15) is 4.98 Å². The minimum Gasteiger partial charge on any atom is -0.339 e. The number of aryl methyl sites for hydroxylation is 2. The fourth-order valence-corrected chi connectivity index (χ4v) is 2.33. The SMILES string of the molecule is Cc1ccc(NC(=O)CCCc2nc(-c3ccc(F)cc3)no2)cc1. The Morgan fingerprint density at radius 1 is 1.12 bits per heavy atom. The number of nitrogens with one attached hydrogen (secondary N) is 1. The van der Waals surface area contributed by atoms with Crippen LogP contribution < -0.4 is 5.32 Å². The molecule has 2 aromatic carbocycles. The van der Waals surface area contributed by atoms with Crippen molar-refractivity contribution in [1.29, 1.82) is 0 Å². The van der Waals surface area contributed by atoms with Gasteiger partial charge in [-0.1, -0.05) is 22.9 Å². The third kappa shape index (κ3) is 4.73. The predicted molar refractivity (Wildman–Crippen MR) is 92.4 cm³/mol. The zero-order chi connectivity index (χ0) is 17.6. The lowest BCUT2D eigenvalue weighted by Crippen LogP contribution is -2.11. The second kappa shape index (κ2) is 7.70. The fourth-order valence-electron chi connectivity index (χ4n) is 2.33. The van der Waals surface area contributed by atoms with Crippen LogP contribution in [-0.4, -0.2) is 16.0 Å². The maximum Gasteiger partial charge on any atom is 0.226 e. The smallest absolute Gasteiger partial charge is 0.226 e. The van der Waals surface area contributed by atoms with E-state index >= 15 is 0 Å². The summed E-state index contributed by atoms with van der Waals surface area (Å²) in [4.78, 5) is 16.2. The second-order valence-electron chi connectivity index (χ2n) is 5.79. The molecule has 5 nitrogen and oxygen atoms in total. The van der Waals surface area contributed by atoms with Crippen molar-refractivity contribution in [2.45, 2.75) is 26.2 Å². The molecule has 128 valence electrons. The highest BCUT2D eigenvalue weighted by molar-refractivity contribution is 5.90. The molecule has 3 aromatic rings. The van der Waals surface area contributed by atoms with Crippen LogP contribution in [0.2, 0.25) is 0 Å². The molecular formula is C19H18FN3O2. The average molecular weight is 339 g/mol. The van der Waals surface area contributed by atoms with Crippen LogP contribution in [0.3, 0.4) is 0 Å². The molecule has 0 spiro atoms. The maximum atomic E-state index is 12.9. The zero-order valence-electron chi connectivity index (χ0n) is 13.8. The Labute approximate surface area is 144 Å². The van der Waals surface area contributed by atoms with Crippen LogP contribution in [-0.2, 0) is 11.2 Å². The van der Waals surface area contributed by atoms with E-state index in [-0.39, 0.29) is 11.7 Å². The summed E-state index contributed by atoms with van der Waals surface area (Å²) in [6.07, 6.45) is 1.47. The lowest BCUT2D eigenvalue weighted by Gasteiger charge is -2.04. The van der Waals surface area contributed by atoms with Gasteiger partial charge in [0.25, 0.3) is 0 Å². The molecule has 0 atom stereocenters. The summed E-state index contributed by atoms with van der Waals surface area (Å²) in [5.41, 5.74) is 2.62. The van der Waals surface area contributed by atoms with Crippen molar-refractivity contribution in [2.24, 2.45) is 0 Å². The molecule has 0 radical (unpaired) electrons. The number of halogens is 1. The molecule has 0 saturated carbocycles. The number of nitrogens with zero attached hydrogens (tertiary/aromatic N) is 2. The largest absolute Gasteiger partial charge is 0.339 e. The van der Waals surface area contributed by atoms with Crippen LogP contribution in [0, 0.1) is 12.7 Å². The molecular weight excluding hydrogens is 321 g/mol. The van der Waals surface area contributed by atoms with E-state index in [9.17, 15) is 9.18 Å². The van der Waals surface area contributed by atoms with E-state index in [1.54, 1.807) is 12.1 Å². The quantitative estimate of drug-likeness (QED) is 0.733. The zero-order valence-corrected chi connectivity index (χ0v) is 13.8. The van der Waals surface area contributed by atoms with Crippen LogP contribution in [0.4, 0.5) is 10.1 Å². The molecule has 6 heteroatoms. The molecule has 0 aliphatic heterocycles. The molecule has 1 heterocycles. The number of hydrogen-bond acceptors (Lipinski definition) is 4. The number of anilines is 1. The van der Waals surface area contributed by atoms with Gasteiger partial charge < -0.3 is 9.84 Å². The Morgan fingerprint density at radius 3 is 2.56 bits per heavy atom. The van der Waals surface area contributed by atoms with Gasteiger partial charge in [0.1, 0.15) is 5.82 Å². The lowest BCUT2D eigenvalue weighted by molar-refractivity contribution is -0.116. The first-order valence-corrected chi connectivity index (χ1v) is 8.05. The van der Waals surface area contributed by atoms with Crippen LogP contribution >= 0.6 is 0 Å². The van der Waals surface area contributed by atoms with E-state index in [0.29, 0.717) is 36.5 Å². The topological polar surface area (TPSA) is 68.0 Å². The molecule has 25 heavy (non-hydrogen) atoms. The molecule has 0 aliphatic rings. The summed E-state index contributed by atoms with van der Waals surface area (Å²) in [6, 6.07) is 13.5. The first-order valence-electron chi connectivity index (χ1n) is 8.05. The summed E-state index contributed by atoms with van der Waals surface area (Å²) >= 11 is 0. The van der Waals surface area contributed by atoms with Crippen molar-refractivity contribution in [3.63, 3.8) is 0 Å². The van der Waals surface area contributed by atoms with Crippen molar-refractivity contribution >= 4 is 11.6 Å². The third-order valence-corrected chi connectivity index (χ3v) is 3.70. The molecule has 0 unspecified atom stereocenters. The summed E-state index contributed by atoms with van der Waals surface area (Å²) in [7, 11) is 0. The Balaban J connectivity index is 1.48. The van der Waals surface area contributed by atoms with Crippen LogP contribution in [0.1, 0.15) is 24.3 Å². The van der Waals surface area contributed by atoms with Crippen molar-refractivity contribution in [3.8, 4) is 11.4 Å². The highest BCUT2D eigenvalue weighted by atomic mass is 19.1. The summed E-state index contributed by atoms with van der Waals surface area (Å²) < 4.78 is 18.1. The first kappa shape index (κ1) is 16.8. The average Bonchev–Trinajstić information content (AvgIpc) is 3.06. The Kier molecular flexibility index (Phi) is 5.18. The van der Waals surface area contributed by atoms with E-state index in [0.717, 1.165) is 11.3 Å². The van der Waals surface area contributed by atoms with Gasteiger partial charge in [-0.3, -0.25) is 4.79 Å². The van der Waals surface area contributed by atoms with Crippen LogP contribution in [0.25, 0.3) is 11.4 Å². The van der Waals surface area contributed by atoms with Crippen molar-refractivity contribution in [1.82, 2.24) is 10.1 Å². The predicted octanol–water partition coefficient (Wildman–Crippen LogP) is 4.15. The number of aromatic nitrogens is 2. The molecule has 0 fully saturated rings. The molecule has 0 bridgehead atoms. The van der Waals surface area contributed by atoms with Crippen molar-refractivity contribution in [3.05, 3.63) is 65.8 Å². The summed E-state index contributed by atoms with van der Waals surface area (Å²) in [5.74, 6) is 0.510. The normalized spacial score (nSPS) is 10.6. The van der Waals surface area contributed by atoms with Gasteiger partial charge in [-0.15, -0.1) is 0 Å². The Bertz CT molecular complexity index is 842. The molecule has 1 amide bonds. The van der Waals surface area contributed by atoms with E-state index in [1.807, 2.05) is 31.2 Å². The van der Waals surface area contributed by atoms with E-state index < -0.39 is 0 Å². The molecule has 3 rings (SSSR count). The van der Waals surface area contributed by atoms with Crippen molar-refractivity contribution < 1.29 is 13.7 Å². The number of rotatable bonds is 6. The van der Waals surface area contributed by atoms with Gasteiger partial charge in [0.2, 0.25) is 17.6 Å². The van der Waals surface area contributed by atoms with E-state index in [1.165, 1.54) is 12.1 Å². The highest BCUT2D eigenvalue weighted by Gasteiger charge is 2.10. The minimum atomic E-state index is -0.313. The van der Waals surface area contributed by atoms with Gasteiger partial charge in [-0.05, 0) is 49.7 Å². The monoisotopic (exact) mass is 339 g/mol. The Morgan fingerprint density at radius 2 is 1.84 bits per heavy atom. The van der Waals surface area contributed by atoms with Crippen LogP contribution in [0.5, 0.6) is 0 Å². The van der Waals surface area contributed by atoms with Crippen molar-refractivity contribution in [2.75, 3.05) is 5.32 Å². The number of benzene rings is 2. The first-order chi connectivity index (χ1) is 12.1. The van der Waals surface area contributed by atoms with Gasteiger partial charge in [-0.25, -0.2) is 4.39 Å². The van der Waals surface area contributed by atoms with Gasteiger partial charge in [0.15, 0.2) is 0 Å². The van der Waals surface area contributed by atoms with Gasteiger partial charge >= 0.3 is 0 Å². The number of hydrogen-bond donors (Lipinski definition) is 1. The van der Waals surface area contributed by atoms with E-state index in [4.69, 9.17) is 4.52 Å². The standard InChI is InChI=1S/C19H18FN3O2/c1-13-5-11-16(12-6-13)21-17(24)3-2-4-18-22-19(23-25-18)14-7-9-15(20)10-8-14/h5-12H,2-4H2,1H3,(H,21,24). The van der Waals surface area contributed by atoms with Gasteiger partial charge in [0.05, 0.1) is 0 Å². The molecule has 0 aliphatic carbocycles. The second-order valence-corrected chi connectivity index (χ2v) is 5.79. The Hall–Kier alpha value is -3.02. The summed E-state index contributed by atoms with van der Waals surface area (Å²) in [5, 5.41) is 6.73. The fraction of sp³-hybridized carbons (Fsp3) is 0.211. The van der Waals surface area contributed by atoms with Gasteiger partial charge in [0, 0.05) is 24.1 Å². The number of amides is 1. The number of carbonyl (C=O) groups is 1. The third-order valence-electron chi connectivity index (χ3n) is 3.70. The lowest BCUT2D eigenvalue weighted by atomic mass is 10.2. The van der Waals surface area contributed by atoms with E-state index in [2.05, 4.69) is 15.5 Å². The molecule has 1 aromatic heterocycles.